The number of carbonyl (C=O) groups is 1. The Hall–Kier alpha value is -0.180. The minimum atomic E-state index is -0.632. The Balaban J connectivity index is 3.38. The van der Waals surface area contributed by atoms with Crippen LogP contribution >= 0.6 is 11.8 Å². The fourth-order valence-corrected chi connectivity index (χ4v) is 4.48. The molecule has 0 heterocycles. The van der Waals surface area contributed by atoms with Crippen molar-refractivity contribution in [1.82, 2.24) is 0 Å². The quantitative estimate of drug-likeness (QED) is 0.258. The second-order valence-electron chi connectivity index (χ2n) is 7.10. The molecule has 0 saturated heterocycles. The summed E-state index contributed by atoms with van der Waals surface area (Å²) in [5.74, 6) is 0.360. The third-order valence-electron chi connectivity index (χ3n) is 5.16. The van der Waals surface area contributed by atoms with Gasteiger partial charge in [0.15, 0.2) is 0 Å². The maximum Gasteiger partial charge on any atom is 0.319 e. The van der Waals surface area contributed by atoms with Gasteiger partial charge in [0.05, 0.1) is 0 Å². The van der Waals surface area contributed by atoms with Gasteiger partial charge >= 0.3 is 5.97 Å². The highest BCUT2D eigenvalue weighted by atomic mass is 32.2. The number of carboxylic acids is 1. The molecule has 0 aliphatic rings. The van der Waals surface area contributed by atoms with Crippen LogP contribution in [-0.4, -0.2) is 21.6 Å². The standard InChI is InChI=1S/C21H42O2S/c1-4-7-8-9-10-11-12-13-14-15-16-17-18-19-24-21(5-2,6-3)20(22)23/h4-19H2,1-3H3,(H,22,23). The molecule has 0 atom stereocenters. The van der Waals surface area contributed by atoms with Gasteiger partial charge in [0, 0.05) is 0 Å². The zero-order valence-electron chi connectivity index (χ0n) is 16.6. The van der Waals surface area contributed by atoms with Gasteiger partial charge in [-0.05, 0) is 25.0 Å². The van der Waals surface area contributed by atoms with E-state index in [9.17, 15) is 9.90 Å². The molecule has 0 saturated carbocycles. The van der Waals surface area contributed by atoms with Crippen LogP contribution in [0.4, 0.5) is 0 Å². The first-order valence-electron chi connectivity index (χ1n) is 10.5. The van der Waals surface area contributed by atoms with Gasteiger partial charge in [-0.2, -0.15) is 0 Å². The lowest BCUT2D eigenvalue weighted by Crippen LogP contribution is -2.33. The second-order valence-corrected chi connectivity index (χ2v) is 8.58. The number of carboxylic acid groups (broad SMARTS) is 1. The monoisotopic (exact) mass is 358 g/mol. The second kappa shape index (κ2) is 16.3. The molecule has 1 N–H and O–H groups in total. The van der Waals surface area contributed by atoms with Crippen molar-refractivity contribution >= 4 is 17.7 Å². The average Bonchev–Trinajstić information content (AvgIpc) is 2.58. The number of hydrogen-bond acceptors (Lipinski definition) is 2. The predicted molar refractivity (Wildman–Crippen MR) is 109 cm³/mol. The van der Waals surface area contributed by atoms with E-state index < -0.39 is 10.7 Å². The van der Waals surface area contributed by atoms with E-state index in [2.05, 4.69) is 6.92 Å². The molecule has 144 valence electrons. The Bertz CT molecular complexity index is 288. The zero-order chi connectivity index (χ0) is 18.1. The predicted octanol–water partition coefficient (Wildman–Crippen LogP) is 7.45. The van der Waals surface area contributed by atoms with Crippen LogP contribution in [0, 0.1) is 0 Å². The van der Waals surface area contributed by atoms with E-state index in [0.717, 1.165) is 25.0 Å². The number of hydrogen-bond donors (Lipinski definition) is 1. The summed E-state index contributed by atoms with van der Waals surface area (Å²) in [7, 11) is 0. The molecule has 0 aliphatic heterocycles. The van der Waals surface area contributed by atoms with E-state index in [1.807, 2.05) is 13.8 Å². The SMILES string of the molecule is CCCCCCCCCCCCCCCSC(CC)(CC)C(=O)O. The van der Waals surface area contributed by atoms with Gasteiger partial charge in [-0.25, -0.2) is 0 Å². The van der Waals surface area contributed by atoms with E-state index in [-0.39, 0.29) is 0 Å². The van der Waals surface area contributed by atoms with Gasteiger partial charge in [-0.3, -0.25) is 4.79 Å². The summed E-state index contributed by atoms with van der Waals surface area (Å²) >= 11 is 1.66. The van der Waals surface area contributed by atoms with Gasteiger partial charge in [0.1, 0.15) is 4.75 Å². The largest absolute Gasteiger partial charge is 0.480 e. The first-order chi connectivity index (χ1) is 11.6. The molecule has 0 aromatic carbocycles. The lowest BCUT2D eigenvalue weighted by atomic mass is 10.0. The van der Waals surface area contributed by atoms with Crippen molar-refractivity contribution in [1.29, 1.82) is 0 Å². The summed E-state index contributed by atoms with van der Waals surface area (Å²) < 4.78 is -0.545. The molecule has 3 heteroatoms. The van der Waals surface area contributed by atoms with E-state index in [0.29, 0.717) is 0 Å². The molecule has 0 aliphatic carbocycles. The summed E-state index contributed by atoms with van der Waals surface area (Å²) in [5.41, 5.74) is 0. The molecule has 24 heavy (non-hydrogen) atoms. The maximum atomic E-state index is 11.4. The van der Waals surface area contributed by atoms with Gasteiger partial charge in [-0.1, -0.05) is 97.8 Å². The molecule has 2 nitrogen and oxygen atoms in total. The molecule has 0 spiro atoms. The average molecular weight is 359 g/mol. The summed E-state index contributed by atoms with van der Waals surface area (Å²) in [4.78, 5) is 11.4. The van der Waals surface area contributed by atoms with E-state index >= 15 is 0 Å². The highest BCUT2D eigenvalue weighted by molar-refractivity contribution is 8.01. The van der Waals surface area contributed by atoms with Crippen LogP contribution in [0.5, 0.6) is 0 Å². The molecule has 0 amide bonds. The van der Waals surface area contributed by atoms with E-state index in [1.54, 1.807) is 11.8 Å². The third-order valence-corrected chi connectivity index (χ3v) is 6.96. The Morgan fingerprint density at radius 1 is 0.708 bits per heavy atom. The molecule has 0 aromatic heterocycles. The van der Waals surface area contributed by atoms with Gasteiger partial charge < -0.3 is 5.11 Å². The lowest BCUT2D eigenvalue weighted by Gasteiger charge is -2.25. The van der Waals surface area contributed by atoms with Crippen LogP contribution in [-0.2, 0) is 4.79 Å². The molecule has 0 rings (SSSR count). The maximum absolute atomic E-state index is 11.4. The number of aliphatic carboxylic acids is 1. The Labute approximate surface area is 155 Å². The molecule has 0 fully saturated rings. The summed E-state index contributed by atoms with van der Waals surface area (Å²) in [6.45, 7) is 6.26. The Morgan fingerprint density at radius 3 is 1.42 bits per heavy atom. The normalized spacial score (nSPS) is 11.8. The van der Waals surface area contributed by atoms with Crippen molar-refractivity contribution in [2.45, 2.75) is 122 Å². The number of thioether (sulfide) groups is 1. The fourth-order valence-electron chi connectivity index (χ4n) is 3.21. The Morgan fingerprint density at radius 2 is 1.08 bits per heavy atom. The molecule has 0 unspecified atom stereocenters. The third kappa shape index (κ3) is 11.4. The Kier molecular flexibility index (Phi) is 16.2. The number of unbranched alkanes of at least 4 members (excludes halogenated alkanes) is 12. The smallest absolute Gasteiger partial charge is 0.319 e. The first-order valence-corrected chi connectivity index (χ1v) is 11.5. The highest BCUT2D eigenvalue weighted by Crippen LogP contribution is 2.33. The van der Waals surface area contributed by atoms with Gasteiger partial charge in [-0.15, -0.1) is 11.8 Å². The minimum absolute atomic E-state index is 0.545. The van der Waals surface area contributed by atoms with Crippen LogP contribution in [0.1, 0.15) is 117 Å². The summed E-state index contributed by atoms with van der Waals surface area (Å²) in [6, 6.07) is 0. The molecule has 0 bridgehead atoms. The van der Waals surface area contributed by atoms with Crippen molar-refractivity contribution in [3.8, 4) is 0 Å². The molecule has 0 aromatic rings. The zero-order valence-corrected chi connectivity index (χ0v) is 17.4. The van der Waals surface area contributed by atoms with E-state index in [1.165, 1.54) is 77.0 Å². The van der Waals surface area contributed by atoms with Gasteiger partial charge in [0.2, 0.25) is 0 Å². The topological polar surface area (TPSA) is 37.3 Å². The summed E-state index contributed by atoms with van der Waals surface area (Å²) in [5, 5.41) is 9.41. The van der Waals surface area contributed by atoms with Crippen molar-refractivity contribution in [2.75, 3.05) is 5.75 Å². The van der Waals surface area contributed by atoms with Crippen molar-refractivity contribution in [3.63, 3.8) is 0 Å². The van der Waals surface area contributed by atoms with Crippen molar-refractivity contribution in [2.24, 2.45) is 0 Å². The lowest BCUT2D eigenvalue weighted by molar-refractivity contribution is -0.140. The van der Waals surface area contributed by atoms with E-state index in [4.69, 9.17) is 0 Å². The molecule has 0 radical (unpaired) electrons. The van der Waals surface area contributed by atoms with Crippen LogP contribution in [0.25, 0.3) is 0 Å². The fraction of sp³-hybridized carbons (Fsp3) is 0.952. The van der Waals surface area contributed by atoms with Crippen molar-refractivity contribution in [3.05, 3.63) is 0 Å². The highest BCUT2D eigenvalue weighted by Gasteiger charge is 2.34. The van der Waals surface area contributed by atoms with Crippen LogP contribution in [0.3, 0.4) is 0 Å². The van der Waals surface area contributed by atoms with Crippen molar-refractivity contribution < 1.29 is 9.90 Å². The molecular weight excluding hydrogens is 316 g/mol. The van der Waals surface area contributed by atoms with Crippen LogP contribution in [0.2, 0.25) is 0 Å². The van der Waals surface area contributed by atoms with Gasteiger partial charge in [0.25, 0.3) is 0 Å². The minimum Gasteiger partial charge on any atom is -0.480 e. The summed E-state index contributed by atoms with van der Waals surface area (Å²) in [6.07, 6.45) is 19.2. The van der Waals surface area contributed by atoms with Crippen LogP contribution in [0.15, 0.2) is 0 Å². The number of rotatable bonds is 18. The van der Waals surface area contributed by atoms with Crippen LogP contribution < -0.4 is 0 Å². The first kappa shape index (κ1) is 23.8. The molecular formula is C21H42O2S.